The number of nitro benzene ring substituents is 1. The number of amides is 1. The standard InChI is InChI=1S/C20H20N4O3S/c1-11-8-12(2)10-15(9-11)22-19(25)17-13(3)21-20(28)23-18(17)14-4-6-16(7-5-14)24(26)27/h4-10,18H,1-3H3,(H,22,25)(H2,21,23,28)/t18-/m0/s1. The first-order valence-electron chi connectivity index (χ1n) is 8.67. The summed E-state index contributed by atoms with van der Waals surface area (Å²) in [7, 11) is 0. The van der Waals surface area contributed by atoms with Crippen molar-refractivity contribution in [3.8, 4) is 0 Å². The lowest BCUT2D eigenvalue weighted by atomic mass is 9.94. The second-order valence-electron chi connectivity index (χ2n) is 6.75. The summed E-state index contributed by atoms with van der Waals surface area (Å²) in [6, 6.07) is 11.4. The van der Waals surface area contributed by atoms with Crippen LogP contribution in [0.5, 0.6) is 0 Å². The molecule has 0 fully saturated rings. The van der Waals surface area contributed by atoms with Gasteiger partial charge in [-0.3, -0.25) is 14.9 Å². The predicted octanol–water partition coefficient (Wildman–Crippen LogP) is 3.64. The zero-order chi connectivity index (χ0) is 20.4. The number of hydrogen-bond donors (Lipinski definition) is 3. The Labute approximate surface area is 168 Å². The van der Waals surface area contributed by atoms with E-state index in [0.717, 1.165) is 11.1 Å². The fourth-order valence-electron chi connectivity index (χ4n) is 3.28. The number of carbonyl (C=O) groups excluding carboxylic acids is 1. The number of anilines is 1. The van der Waals surface area contributed by atoms with Crippen molar-refractivity contribution >= 4 is 34.6 Å². The van der Waals surface area contributed by atoms with Gasteiger partial charge in [-0.2, -0.15) is 0 Å². The van der Waals surface area contributed by atoms with Crippen LogP contribution < -0.4 is 16.0 Å². The van der Waals surface area contributed by atoms with Gasteiger partial charge in [0, 0.05) is 23.5 Å². The summed E-state index contributed by atoms with van der Waals surface area (Å²) in [4.78, 5) is 23.5. The van der Waals surface area contributed by atoms with Gasteiger partial charge < -0.3 is 16.0 Å². The number of hydrogen-bond acceptors (Lipinski definition) is 4. The first-order chi connectivity index (χ1) is 13.2. The van der Waals surface area contributed by atoms with Crippen molar-refractivity contribution in [3.05, 3.63) is 80.5 Å². The molecule has 7 nitrogen and oxygen atoms in total. The third-order valence-electron chi connectivity index (χ3n) is 4.43. The average molecular weight is 396 g/mol. The maximum absolute atomic E-state index is 13.1. The number of non-ortho nitro benzene ring substituents is 1. The van der Waals surface area contributed by atoms with Gasteiger partial charge in [0.2, 0.25) is 0 Å². The number of nitro groups is 1. The van der Waals surface area contributed by atoms with Gasteiger partial charge >= 0.3 is 0 Å². The van der Waals surface area contributed by atoms with Crippen LogP contribution >= 0.6 is 12.2 Å². The summed E-state index contributed by atoms with van der Waals surface area (Å²) in [5.41, 5.74) is 4.61. The Morgan fingerprint density at radius 2 is 1.71 bits per heavy atom. The third-order valence-corrected chi connectivity index (χ3v) is 4.65. The Morgan fingerprint density at radius 1 is 1.11 bits per heavy atom. The predicted molar refractivity (Wildman–Crippen MR) is 112 cm³/mol. The molecule has 28 heavy (non-hydrogen) atoms. The van der Waals surface area contributed by atoms with Gasteiger partial charge in [0.05, 0.1) is 16.5 Å². The van der Waals surface area contributed by atoms with E-state index in [1.807, 2.05) is 32.0 Å². The van der Waals surface area contributed by atoms with Crippen molar-refractivity contribution in [1.29, 1.82) is 0 Å². The molecular weight excluding hydrogens is 376 g/mol. The average Bonchev–Trinajstić information content (AvgIpc) is 2.60. The van der Waals surface area contributed by atoms with Gasteiger partial charge in [-0.05, 0) is 73.9 Å². The fourth-order valence-corrected chi connectivity index (χ4v) is 3.55. The van der Waals surface area contributed by atoms with E-state index < -0.39 is 11.0 Å². The number of nitrogens with zero attached hydrogens (tertiary/aromatic N) is 1. The molecule has 0 saturated heterocycles. The Balaban J connectivity index is 1.94. The van der Waals surface area contributed by atoms with Crippen LogP contribution in [0.25, 0.3) is 0 Å². The quantitative estimate of drug-likeness (QED) is 0.415. The lowest BCUT2D eigenvalue weighted by molar-refractivity contribution is -0.384. The van der Waals surface area contributed by atoms with Crippen molar-refractivity contribution in [3.63, 3.8) is 0 Å². The Morgan fingerprint density at radius 3 is 2.29 bits per heavy atom. The van der Waals surface area contributed by atoms with E-state index in [0.29, 0.717) is 27.6 Å². The molecule has 0 spiro atoms. The van der Waals surface area contributed by atoms with Crippen LogP contribution in [0.1, 0.15) is 29.7 Å². The van der Waals surface area contributed by atoms with E-state index >= 15 is 0 Å². The molecule has 8 heteroatoms. The minimum Gasteiger partial charge on any atom is -0.351 e. The molecule has 0 aromatic heterocycles. The Hall–Kier alpha value is -3.26. The molecule has 3 rings (SSSR count). The van der Waals surface area contributed by atoms with E-state index in [9.17, 15) is 14.9 Å². The lowest BCUT2D eigenvalue weighted by Gasteiger charge is -2.30. The van der Waals surface area contributed by atoms with Gasteiger partial charge in [-0.1, -0.05) is 6.07 Å². The molecule has 1 heterocycles. The van der Waals surface area contributed by atoms with E-state index in [2.05, 4.69) is 16.0 Å². The minimum absolute atomic E-state index is 0.0119. The molecule has 2 aromatic carbocycles. The molecule has 0 radical (unpaired) electrons. The summed E-state index contributed by atoms with van der Waals surface area (Å²) in [6.45, 7) is 5.71. The van der Waals surface area contributed by atoms with Crippen LogP contribution in [-0.4, -0.2) is 15.9 Å². The summed E-state index contributed by atoms with van der Waals surface area (Å²) in [5.74, 6) is -0.270. The molecular formula is C20H20N4O3S. The van der Waals surface area contributed by atoms with Crippen LogP contribution in [0.15, 0.2) is 53.7 Å². The summed E-state index contributed by atoms with van der Waals surface area (Å²) in [5, 5.41) is 20.3. The van der Waals surface area contributed by atoms with Crippen molar-refractivity contribution in [2.24, 2.45) is 0 Å². The summed E-state index contributed by atoms with van der Waals surface area (Å²) < 4.78 is 0. The normalized spacial score (nSPS) is 16.2. The molecule has 1 aliphatic rings. The molecule has 0 aliphatic carbocycles. The van der Waals surface area contributed by atoms with Gasteiger partial charge in [0.15, 0.2) is 5.11 Å². The molecule has 3 N–H and O–H groups in total. The van der Waals surface area contributed by atoms with Crippen LogP contribution in [0.4, 0.5) is 11.4 Å². The summed E-state index contributed by atoms with van der Waals surface area (Å²) >= 11 is 5.23. The molecule has 0 bridgehead atoms. The highest BCUT2D eigenvalue weighted by molar-refractivity contribution is 7.80. The molecule has 0 saturated carbocycles. The van der Waals surface area contributed by atoms with Gasteiger partial charge in [-0.15, -0.1) is 0 Å². The Kier molecular flexibility index (Phi) is 5.41. The lowest BCUT2D eigenvalue weighted by Crippen LogP contribution is -2.45. The number of rotatable bonds is 4. The highest BCUT2D eigenvalue weighted by Gasteiger charge is 2.30. The van der Waals surface area contributed by atoms with E-state index in [1.165, 1.54) is 12.1 Å². The molecule has 0 unspecified atom stereocenters. The third kappa shape index (κ3) is 4.17. The monoisotopic (exact) mass is 396 g/mol. The number of carbonyl (C=O) groups is 1. The van der Waals surface area contributed by atoms with Gasteiger partial charge in [0.25, 0.3) is 11.6 Å². The van der Waals surface area contributed by atoms with Crippen LogP contribution in [0.2, 0.25) is 0 Å². The second-order valence-corrected chi connectivity index (χ2v) is 7.16. The van der Waals surface area contributed by atoms with Crippen molar-refractivity contribution < 1.29 is 9.72 Å². The summed E-state index contributed by atoms with van der Waals surface area (Å²) in [6.07, 6.45) is 0. The van der Waals surface area contributed by atoms with Gasteiger partial charge in [-0.25, -0.2) is 0 Å². The van der Waals surface area contributed by atoms with E-state index in [1.54, 1.807) is 19.1 Å². The molecule has 2 aromatic rings. The first kappa shape index (κ1) is 19.5. The number of allylic oxidation sites excluding steroid dienone is 1. The highest BCUT2D eigenvalue weighted by atomic mass is 32.1. The molecule has 1 amide bonds. The first-order valence-corrected chi connectivity index (χ1v) is 9.07. The number of aryl methyl sites for hydroxylation is 2. The maximum Gasteiger partial charge on any atom is 0.269 e. The number of nitrogens with one attached hydrogen (secondary N) is 3. The number of thiocarbonyl (C=S) groups is 1. The van der Waals surface area contributed by atoms with Crippen LogP contribution in [-0.2, 0) is 4.79 Å². The van der Waals surface area contributed by atoms with Crippen molar-refractivity contribution in [2.45, 2.75) is 26.8 Å². The van der Waals surface area contributed by atoms with Crippen molar-refractivity contribution in [2.75, 3.05) is 5.32 Å². The van der Waals surface area contributed by atoms with Crippen LogP contribution in [0.3, 0.4) is 0 Å². The van der Waals surface area contributed by atoms with Gasteiger partial charge in [0.1, 0.15) is 0 Å². The van der Waals surface area contributed by atoms with E-state index in [4.69, 9.17) is 12.2 Å². The molecule has 1 atom stereocenters. The second kappa shape index (κ2) is 7.77. The smallest absolute Gasteiger partial charge is 0.269 e. The Bertz CT molecular complexity index is 979. The molecule has 144 valence electrons. The van der Waals surface area contributed by atoms with Crippen molar-refractivity contribution in [1.82, 2.24) is 10.6 Å². The maximum atomic E-state index is 13.1. The topological polar surface area (TPSA) is 96.3 Å². The fraction of sp³-hybridized carbons (Fsp3) is 0.200. The number of benzene rings is 2. The molecule has 1 aliphatic heterocycles. The van der Waals surface area contributed by atoms with E-state index in [-0.39, 0.29) is 11.6 Å². The largest absolute Gasteiger partial charge is 0.351 e. The SMILES string of the molecule is CC1=C(C(=O)Nc2cc(C)cc(C)c2)[C@H](c2ccc([N+](=O)[O-])cc2)NC(=S)N1. The highest BCUT2D eigenvalue weighted by Crippen LogP contribution is 2.29. The van der Waals surface area contributed by atoms with Crippen LogP contribution in [0, 0.1) is 24.0 Å². The zero-order valence-electron chi connectivity index (χ0n) is 15.7. The zero-order valence-corrected chi connectivity index (χ0v) is 16.5. The minimum atomic E-state index is -0.513.